The zero-order valence-corrected chi connectivity index (χ0v) is 14.8. The van der Waals surface area contributed by atoms with Crippen LogP contribution in [0.5, 0.6) is 0 Å². The maximum Gasteiger partial charge on any atom is 0.227 e. The monoisotopic (exact) mass is 345 g/mol. The van der Waals surface area contributed by atoms with Crippen LogP contribution in [0.25, 0.3) is 0 Å². The Morgan fingerprint density at radius 2 is 2.29 bits per heavy atom. The van der Waals surface area contributed by atoms with Crippen molar-refractivity contribution < 1.29 is 9.53 Å². The SMILES string of the molecule is Cn1cnc2c1C(COCC1CC1)CN(C(=O)Cc1ccsc1)C2. The van der Waals surface area contributed by atoms with Crippen molar-refractivity contribution in [3.63, 3.8) is 0 Å². The molecule has 4 rings (SSSR count). The second kappa shape index (κ2) is 6.69. The first-order valence-corrected chi connectivity index (χ1v) is 9.51. The molecule has 1 aliphatic carbocycles. The largest absolute Gasteiger partial charge is 0.380 e. The number of ether oxygens (including phenoxy) is 1. The van der Waals surface area contributed by atoms with Gasteiger partial charge in [-0.1, -0.05) is 0 Å². The Labute approximate surface area is 146 Å². The Kier molecular flexibility index (Phi) is 4.41. The van der Waals surface area contributed by atoms with Gasteiger partial charge in [0.2, 0.25) is 5.91 Å². The van der Waals surface area contributed by atoms with Crippen molar-refractivity contribution in [2.24, 2.45) is 13.0 Å². The van der Waals surface area contributed by atoms with E-state index in [2.05, 4.69) is 9.55 Å². The number of hydrogen-bond donors (Lipinski definition) is 0. The molecule has 0 aromatic carbocycles. The number of amides is 1. The van der Waals surface area contributed by atoms with E-state index >= 15 is 0 Å². The normalized spacial score (nSPS) is 20.2. The number of thiophene rings is 1. The highest BCUT2D eigenvalue weighted by Gasteiger charge is 2.32. The van der Waals surface area contributed by atoms with E-state index in [1.807, 2.05) is 35.1 Å². The van der Waals surface area contributed by atoms with E-state index < -0.39 is 0 Å². The van der Waals surface area contributed by atoms with Gasteiger partial charge in [0, 0.05) is 31.8 Å². The minimum Gasteiger partial charge on any atom is -0.380 e. The summed E-state index contributed by atoms with van der Waals surface area (Å²) >= 11 is 1.63. The molecule has 1 aliphatic heterocycles. The Balaban J connectivity index is 1.45. The van der Waals surface area contributed by atoms with Crippen molar-refractivity contribution in [2.75, 3.05) is 19.8 Å². The quantitative estimate of drug-likeness (QED) is 0.808. The number of nitrogens with zero attached hydrogens (tertiary/aromatic N) is 3. The summed E-state index contributed by atoms with van der Waals surface area (Å²) < 4.78 is 8.02. The van der Waals surface area contributed by atoms with Gasteiger partial charge in [0.25, 0.3) is 0 Å². The van der Waals surface area contributed by atoms with Gasteiger partial charge in [-0.3, -0.25) is 4.79 Å². The number of imidazole rings is 1. The fraction of sp³-hybridized carbons (Fsp3) is 0.556. The first-order chi connectivity index (χ1) is 11.7. The lowest BCUT2D eigenvalue weighted by atomic mass is 9.98. The van der Waals surface area contributed by atoms with Crippen LogP contribution in [-0.2, 0) is 29.5 Å². The van der Waals surface area contributed by atoms with Crippen LogP contribution in [0.4, 0.5) is 0 Å². The van der Waals surface area contributed by atoms with Gasteiger partial charge in [0.05, 0.1) is 31.6 Å². The zero-order chi connectivity index (χ0) is 16.5. The molecule has 0 saturated heterocycles. The van der Waals surface area contributed by atoms with E-state index in [1.54, 1.807) is 11.3 Å². The van der Waals surface area contributed by atoms with E-state index in [4.69, 9.17) is 4.74 Å². The van der Waals surface area contributed by atoms with Crippen LogP contribution in [0.15, 0.2) is 23.2 Å². The molecular weight excluding hydrogens is 322 g/mol. The third-order valence-electron chi connectivity index (χ3n) is 4.89. The van der Waals surface area contributed by atoms with Crippen LogP contribution in [0.2, 0.25) is 0 Å². The van der Waals surface area contributed by atoms with Gasteiger partial charge < -0.3 is 14.2 Å². The minimum absolute atomic E-state index is 0.178. The predicted octanol–water partition coefficient (Wildman–Crippen LogP) is 2.58. The smallest absolute Gasteiger partial charge is 0.227 e. The summed E-state index contributed by atoms with van der Waals surface area (Å²) in [4.78, 5) is 19.1. The van der Waals surface area contributed by atoms with E-state index in [0.29, 0.717) is 19.6 Å². The molecule has 24 heavy (non-hydrogen) atoms. The molecule has 2 aliphatic rings. The van der Waals surface area contributed by atoms with Gasteiger partial charge >= 0.3 is 0 Å². The first kappa shape index (κ1) is 15.8. The van der Waals surface area contributed by atoms with Crippen LogP contribution in [0, 0.1) is 5.92 Å². The van der Waals surface area contributed by atoms with Crippen molar-refractivity contribution in [2.45, 2.75) is 31.7 Å². The van der Waals surface area contributed by atoms with Crippen molar-refractivity contribution in [3.05, 3.63) is 40.1 Å². The Morgan fingerprint density at radius 1 is 1.42 bits per heavy atom. The molecular formula is C18H23N3O2S. The van der Waals surface area contributed by atoms with Gasteiger partial charge in [-0.25, -0.2) is 4.98 Å². The summed E-state index contributed by atoms with van der Waals surface area (Å²) in [6, 6.07) is 2.02. The van der Waals surface area contributed by atoms with Gasteiger partial charge in [0.15, 0.2) is 0 Å². The van der Waals surface area contributed by atoms with Crippen LogP contribution in [0.3, 0.4) is 0 Å². The molecule has 1 amide bonds. The number of rotatable bonds is 6. The highest BCUT2D eigenvalue weighted by atomic mass is 32.1. The molecule has 0 spiro atoms. The highest BCUT2D eigenvalue weighted by Crippen LogP contribution is 2.31. The molecule has 128 valence electrons. The summed E-state index contributed by atoms with van der Waals surface area (Å²) in [5.74, 6) is 1.15. The van der Waals surface area contributed by atoms with E-state index in [9.17, 15) is 4.79 Å². The van der Waals surface area contributed by atoms with Crippen LogP contribution >= 0.6 is 11.3 Å². The zero-order valence-electron chi connectivity index (χ0n) is 14.0. The van der Waals surface area contributed by atoms with Crippen LogP contribution in [-0.4, -0.2) is 40.1 Å². The number of hydrogen-bond acceptors (Lipinski definition) is 4. The number of carbonyl (C=O) groups excluding carboxylic acids is 1. The van der Waals surface area contributed by atoms with Crippen molar-refractivity contribution in [1.29, 1.82) is 0 Å². The molecule has 1 atom stereocenters. The van der Waals surface area contributed by atoms with E-state index in [-0.39, 0.29) is 11.8 Å². The fourth-order valence-electron chi connectivity index (χ4n) is 3.39. The Hall–Kier alpha value is -1.66. The third-order valence-corrected chi connectivity index (χ3v) is 5.62. The van der Waals surface area contributed by atoms with E-state index in [0.717, 1.165) is 30.3 Å². The van der Waals surface area contributed by atoms with Gasteiger partial charge in [-0.2, -0.15) is 11.3 Å². The lowest BCUT2D eigenvalue weighted by molar-refractivity contribution is -0.132. The maximum absolute atomic E-state index is 12.7. The summed E-state index contributed by atoms with van der Waals surface area (Å²) in [5, 5.41) is 4.06. The molecule has 1 fully saturated rings. The lowest BCUT2D eigenvalue weighted by Gasteiger charge is -2.33. The Bertz CT molecular complexity index is 706. The van der Waals surface area contributed by atoms with Crippen LogP contribution in [0.1, 0.15) is 35.7 Å². The molecule has 1 unspecified atom stereocenters. The molecule has 0 bridgehead atoms. The van der Waals surface area contributed by atoms with Crippen molar-refractivity contribution >= 4 is 17.2 Å². The summed E-state index contributed by atoms with van der Waals surface area (Å²) in [7, 11) is 2.03. The summed E-state index contributed by atoms with van der Waals surface area (Å²) in [6.45, 7) is 2.86. The standard InChI is InChI=1S/C18H23N3O2S/c1-20-12-19-16-8-21(17(22)6-14-4-5-24-11-14)7-15(18(16)20)10-23-9-13-2-3-13/h4-5,11-13,15H,2-3,6-10H2,1H3. The molecule has 3 heterocycles. The number of aromatic nitrogens is 2. The topological polar surface area (TPSA) is 47.4 Å². The highest BCUT2D eigenvalue weighted by molar-refractivity contribution is 7.07. The summed E-state index contributed by atoms with van der Waals surface area (Å²) in [6.07, 6.45) is 4.92. The molecule has 0 N–H and O–H groups in total. The Morgan fingerprint density at radius 3 is 3.04 bits per heavy atom. The number of fused-ring (bicyclic) bond motifs is 1. The van der Waals surface area contributed by atoms with Gasteiger partial charge in [-0.15, -0.1) is 0 Å². The predicted molar refractivity (Wildman–Crippen MR) is 92.9 cm³/mol. The first-order valence-electron chi connectivity index (χ1n) is 8.57. The van der Waals surface area contributed by atoms with Crippen molar-refractivity contribution in [1.82, 2.24) is 14.5 Å². The maximum atomic E-state index is 12.7. The van der Waals surface area contributed by atoms with E-state index in [1.165, 1.54) is 18.5 Å². The van der Waals surface area contributed by atoms with Crippen LogP contribution < -0.4 is 0 Å². The van der Waals surface area contributed by atoms with Gasteiger partial charge in [-0.05, 0) is 41.1 Å². The molecule has 2 aromatic heterocycles. The fourth-order valence-corrected chi connectivity index (χ4v) is 4.06. The lowest BCUT2D eigenvalue weighted by Crippen LogP contribution is -2.41. The molecule has 2 aromatic rings. The average Bonchev–Trinajstić information content (AvgIpc) is 3.10. The van der Waals surface area contributed by atoms with Gasteiger partial charge in [0.1, 0.15) is 0 Å². The third kappa shape index (κ3) is 3.39. The average molecular weight is 345 g/mol. The molecule has 5 nitrogen and oxygen atoms in total. The minimum atomic E-state index is 0.178. The second-order valence-electron chi connectivity index (χ2n) is 6.95. The molecule has 0 radical (unpaired) electrons. The second-order valence-corrected chi connectivity index (χ2v) is 7.73. The molecule has 1 saturated carbocycles. The summed E-state index contributed by atoms with van der Waals surface area (Å²) in [5.41, 5.74) is 3.34. The number of carbonyl (C=O) groups is 1. The molecule has 6 heteroatoms. The van der Waals surface area contributed by atoms with Crippen molar-refractivity contribution in [3.8, 4) is 0 Å². The number of aryl methyl sites for hydroxylation is 1.